The monoisotopic (exact) mass is 264 g/mol. The minimum absolute atomic E-state index is 0.107. The zero-order valence-electron chi connectivity index (χ0n) is 11.2. The summed E-state index contributed by atoms with van der Waals surface area (Å²) in [4.78, 5) is 11.9. The van der Waals surface area contributed by atoms with Crippen molar-refractivity contribution in [1.82, 2.24) is 0 Å². The SMILES string of the molecule is O=C1C=COC(Cc2ccccc2)(c2ccccc2)C1. The number of carbonyl (C=O) groups is 1. The number of hydrogen-bond donors (Lipinski definition) is 0. The molecule has 0 saturated carbocycles. The van der Waals surface area contributed by atoms with E-state index in [1.807, 2.05) is 48.5 Å². The summed E-state index contributed by atoms with van der Waals surface area (Å²) in [7, 11) is 0. The highest BCUT2D eigenvalue weighted by Crippen LogP contribution is 2.36. The molecule has 1 aliphatic rings. The van der Waals surface area contributed by atoms with Crippen LogP contribution >= 0.6 is 0 Å². The Balaban J connectivity index is 2.00. The van der Waals surface area contributed by atoms with Gasteiger partial charge in [-0.2, -0.15) is 0 Å². The van der Waals surface area contributed by atoms with Gasteiger partial charge in [0.05, 0.1) is 12.7 Å². The molecule has 3 rings (SSSR count). The van der Waals surface area contributed by atoms with E-state index >= 15 is 0 Å². The molecule has 1 aliphatic heterocycles. The van der Waals surface area contributed by atoms with Crippen molar-refractivity contribution in [2.24, 2.45) is 0 Å². The van der Waals surface area contributed by atoms with E-state index in [2.05, 4.69) is 12.1 Å². The lowest BCUT2D eigenvalue weighted by atomic mass is 9.82. The van der Waals surface area contributed by atoms with Crippen molar-refractivity contribution >= 4 is 5.78 Å². The number of carbonyl (C=O) groups excluding carboxylic acids is 1. The van der Waals surface area contributed by atoms with Gasteiger partial charge in [-0.1, -0.05) is 60.7 Å². The van der Waals surface area contributed by atoms with Crippen LogP contribution in [0.5, 0.6) is 0 Å². The highest BCUT2D eigenvalue weighted by molar-refractivity contribution is 5.91. The number of allylic oxidation sites excluding steroid dienone is 1. The van der Waals surface area contributed by atoms with E-state index in [4.69, 9.17) is 4.74 Å². The summed E-state index contributed by atoms with van der Waals surface area (Å²) in [5.41, 5.74) is 1.62. The summed E-state index contributed by atoms with van der Waals surface area (Å²) >= 11 is 0. The highest BCUT2D eigenvalue weighted by Gasteiger charge is 2.37. The summed E-state index contributed by atoms with van der Waals surface area (Å²) in [6.45, 7) is 0. The van der Waals surface area contributed by atoms with E-state index in [1.54, 1.807) is 0 Å². The first-order valence-electron chi connectivity index (χ1n) is 6.75. The maximum Gasteiger partial charge on any atom is 0.163 e. The van der Waals surface area contributed by atoms with Crippen molar-refractivity contribution in [3.8, 4) is 0 Å². The minimum atomic E-state index is -0.589. The average Bonchev–Trinajstić information content (AvgIpc) is 2.49. The molecule has 0 fully saturated rings. The number of hydrogen-bond acceptors (Lipinski definition) is 2. The van der Waals surface area contributed by atoms with Crippen LogP contribution < -0.4 is 0 Å². The maximum absolute atomic E-state index is 11.9. The summed E-state index contributed by atoms with van der Waals surface area (Å²) in [5.74, 6) is 0.107. The lowest BCUT2D eigenvalue weighted by Gasteiger charge is -2.35. The Morgan fingerprint density at radius 3 is 2.25 bits per heavy atom. The fourth-order valence-corrected chi connectivity index (χ4v) is 2.67. The van der Waals surface area contributed by atoms with Gasteiger partial charge in [0, 0.05) is 12.5 Å². The topological polar surface area (TPSA) is 26.3 Å². The third-order valence-electron chi connectivity index (χ3n) is 3.64. The van der Waals surface area contributed by atoms with Gasteiger partial charge in [0.1, 0.15) is 5.60 Å². The second-order valence-corrected chi connectivity index (χ2v) is 5.09. The van der Waals surface area contributed by atoms with Crippen LogP contribution in [0.1, 0.15) is 17.5 Å². The Morgan fingerprint density at radius 1 is 0.950 bits per heavy atom. The third-order valence-corrected chi connectivity index (χ3v) is 3.64. The lowest BCUT2D eigenvalue weighted by molar-refractivity contribution is -0.123. The molecule has 100 valence electrons. The maximum atomic E-state index is 11.9. The first kappa shape index (κ1) is 12.7. The highest BCUT2D eigenvalue weighted by atomic mass is 16.5. The predicted molar refractivity (Wildman–Crippen MR) is 78.1 cm³/mol. The zero-order valence-corrected chi connectivity index (χ0v) is 11.2. The number of ketones is 1. The standard InChI is InChI=1S/C18H16O2/c19-17-11-12-20-18(14-17,16-9-5-2-6-10-16)13-15-7-3-1-4-8-15/h1-12H,13-14H2. The molecular formula is C18H16O2. The van der Waals surface area contributed by atoms with E-state index in [1.165, 1.54) is 17.9 Å². The van der Waals surface area contributed by atoms with Gasteiger partial charge in [0.15, 0.2) is 5.78 Å². The number of ether oxygens (including phenoxy) is 1. The molecule has 2 heteroatoms. The zero-order chi connectivity index (χ0) is 13.8. The Labute approximate surface area is 118 Å². The molecule has 1 unspecified atom stereocenters. The molecule has 0 saturated heterocycles. The molecule has 20 heavy (non-hydrogen) atoms. The van der Waals surface area contributed by atoms with E-state index in [-0.39, 0.29) is 5.78 Å². The van der Waals surface area contributed by atoms with E-state index in [0.29, 0.717) is 12.8 Å². The summed E-state index contributed by atoms with van der Waals surface area (Å²) in [6, 6.07) is 20.1. The Kier molecular flexibility index (Phi) is 3.38. The van der Waals surface area contributed by atoms with Crippen molar-refractivity contribution in [2.45, 2.75) is 18.4 Å². The Bertz CT molecular complexity index is 616. The predicted octanol–water partition coefficient (Wildman–Crippen LogP) is 3.63. The van der Waals surface area contributed by atoms with Crippen LogP contribution in [0.4, 0.5) is 0 Å². The Hall–Kier alpha value is -2.35. The van der Waals surface area contributed by atoms with Crippen LogP contribution in [-0.2, 0) is 21.6 Å². The normalized spacial score (nSPS) is 21.5. The summed E-state index contributed by atoms with van der Waals surface area (Å²) in [6.07, 6.45) is 4.10. The first-order valence-corrected chi connectivity index (χ1v) is 6.75. The van der Waals surface area contributed by atoms with Crippen LogP contribution in [-0.4, -0.2) is 5.78 Å². The molecular weight excluding hydrogens is 248 g/mol. The fraction of sp³-hybridized carbons (Fsp3) is 0.167. The van der Waals surface area contributed by atoms with Crippen molar-refractivity contribution in [3.63, 3.8) is 0 Å². The third kappa shape index (κ3) is 2.50. The molecule has 0 N–H and O–H groups in total. The van der Waals surface area contributed by atoms with Gasteiger partial charge in [-0.25, -0.2) is 0 Å². The van der Waals surface area contributed by atoms with Gasteiger partial charge < -0.3 is 4.74 Å². The van der Waals surface area contributed by atoms with Gasteiger partial charge in [-0.3, -0.25) is 4.79 Å². The molecule has 0 spiro atoms. The molecule has 0 bridgehead atoms. The molecule has 2 aromatic carbocycles. The molecule has 0 aromatic heterocycles. The van der Waals surface area contributed by atoms with E-state index in [0.717, 1.165) is 5.56 Å². The minimum Gasteiger partial charge on any atom is -0.489 e. The smallest absolute Gasteiger partial charge is 0.163 e. The fourth-order valence-electron chi connectivity index (χ4n) is 2.67. The van der Waals surface area contributed by atoms with Crippen molar-refractivity contribution in [1.29, 1.82) is 0 Å². The number of rotatable bonds is 3. The van der Waals surface area contributed by atoms with Gasteiger partial charge in [-0.15, -0.1) is 0 Å². The second kappa shape index (κ2) is 5.33. The van der Waals surface area contributed by atoms with Crippen molar-refractivity contribution in [3.05, 3.63) is 84.1 Å². The van der Waals surface area contributed by atoms with E-state index in [9.17, 15) is 4.79 Å². The number of benzene rings is 2. The van der Waals surface area contributed by atoms with Crippen molar-refractivity contribution < 1.29 is 9.53 Å². The van der Waals surface area contributed by atoms with Crippen LogP contribution in [0.3, 0.4) is 0 Å². The Morgan fingerprint density at radius 2 is 1.60 bits per heavy atom. The molecule has 0 radical (unpaired) electrons. The molecule has 0 aliphatic carbocycles. The quantitative estimate of drug-likeness (QED) is 0.846. The average molecular weight is 264 g/mol. The molecule has 1 atom stereocenters. The van der Waals surface area contributed by atoms with Gasteiger partial charge in [0.2, 0.25) is 0 Å². The lowest BCUT2D eigenvalue weighted by Crippen LogP contribution is -2.35. The summed E-state index contributed by atoms with van der Waals surface area (Å²) in [5, 5.41) is 0. The van der Waals surface area contributed by atoms with Gasteiger partial charge >= 0.3 is 0 Å². The van der Waals surface area contributed by atoms with Crippen LogP contribution in [0, 0.1) is 0 Å². The second-order valence-electron chi connectivity index (χ2n) is 5.09. The van der Waals surface area contributed by atoms with Crippen LogP contribution in [0.2, 0.25) is 0 Å². The van der Waals surface area contributed by atoms with E-state index < -0.39 is 5.60 Å². The van der Waals surface area contributed by atoms with Gasteiger partial charge in [-0.05, 0) is 11.1 Å². The largest absolute Gasteiger partial charge is 0.489 e. The molecule has 2 aromatic rings. The van der Waals surface area contributed by atoms with Gasteiger partial charge in [0.25, 0.3) is 0 Å². The first-order chi connectivity index (χ1) is 9.78. The molecule has 1 heterocycles. The molecule has 2 nitrogen and oxygen atoms in total. The summed E-state index contributed by atoms with van der Waals surface area (Å²) < 4.78 is 5.92. The molecule has 0 amide bonds. The van der Waals surface area contributed by atoms with Crippen LogP contribution in [0.15, 0.2) is 73.0 Å². The van der Waals surface area contributed by atoms with Crippen LogP contribution in [0.25, 0.3) is 0 Å². The van der Waals surface area contributed by atoms with Crippen molar-refractivity contribution in [2.75, 3.05) is 0 Å².